The summed E-state index contributed by atoms with van der Waals surface area (Å²) in [6.45, 7) is 6.92. The predicted octanol–water partition coefficient (Wildman–Crippen LogP) is 4.80. The second-order valence-electron chi connectivity index (χ2n) is 9.13. The summed E-state index contributed by atoms with van der Waals surface area (Å²) in [6.07, 6.45) is 3.67. The van der Waals surface area contributed by atoms with Crippen molar-refractivity contribution >= 4 is 28.1 Å². The molecule has 0 aromatic heterocycles. The molecule has 6 nitrogen and oxygen atoms in total. The maximum absolute atomic E-state index is 13.7. The molecular formula is C29H29N3O3S. The Morgan fingerprint density at radius 1 is 0.889 bits per heavy atom. The molecule has 0 N–H and O–H groups in total. The molecule has 1 heterocycles. The molecular weight excluding hydrogens is 470 g/mol. The first-order valence-corrected chi connectivity index (χ1v) is 13.3. The van der Waals surface area contributed by atoms with Gasteiger partial charge in [-0.2, -0.15) is 9.57 Å². The first-order valence-electron chi connectivity index (χ1n) is 11.8. The van der Waals surface area contributed by atoms with Crippen LogP contribution >= 0.6 is 0 Å². The summed E-state index contributed by atoms with van der Waals surface area (Å²) in [7, 11) is -3.87. The van der Waals surface area contributed by atoms with Crippen LogP contribution in [0.2, 0.25) is 0 Å². The van der Waals surface area contributed by atoms with E-state index in [4.69, 9.17) is 0 Å². The number of carbonyl (C=O) groups is 1. The van der Waals surface area contributed by atoms with Crippen molar-refractivity contribution in [3.63, 3.8) is 0 Å². The standard InChI is InChI=1S/C29H29N3O3S/c1-21-16-22(2)18-24(17-21)8-10-26-11-9-25(20-30)19-28(26)36(34,35)32-14-12-31(13-15-32)29(33)27-7-5-4-6-23(27)3/h4-11,16-19H,12-15H2,1-3H3/b10-8+. The van der Waals surface area contributed by atoms with Crippen LogP contribution in [0.3, 0.4) is 0 Å². The second kappa shape index (κ2) is 10.5. The molecule has 3 aromatic carbocycles. The highest BCUT2D eigenvalue weighted by molar-refractivity contribution is 7.89. The van der Waals surface area contributed by atoms with Gasteiger partial charge >= 0.3 is 0 Å². The van der Waals surface area contributed by atoms with Crippen LogP contribution in [0.1, 0.15) is 43.7 Å². The molecule has 0 spiro atoms. The number of nitrogens with zero attached hydrogens (tertiary/aromatic N) is 3. The van der Waals surface area contributed by atoms with Crippen molar-refractivity contribution in [1.29, 1.82) is 5.26 Å². The molecule has 4 rings (SSSR count). The molecule has 3 aromatic rings. The first-order chi connectivity index (χ1) is 17.2. The highest BCUT2D eigenvalue weighted by Crippen LogP contribution is 2.26. The average molecular weight is 500 g/mol. The van der Waals surface area contributed by atoms with Gasteiger partial charge in [-0.3, -0.25) is 4.79 Å². The highest BCUT2D eigenvalue weighted by Gasteiger charge is 2.32. The normalized spacial score (nSPS) is 14.7. The van der Waals surface area contributed by atoms with Crippen molar-refractivity contribution in [2.24, 2.45) is 0 Å². The zero-order valence-electron chi connectivity index (χ0n) is 20.7. The number of rotatable bonds is 5. The van der Waals surface area contributed by atoms with Gasteiger partial charge in [0.25, 0.3) is 5.91 Å². The third-order valence-corrected chi connectivity index (χ3v) is 8.32. The maximum atomic E-state index is 13.7. The summed E-state index contributed by atoms with van der Waals surface area (Å²) in [5, 5.41) is 9.40. The van der Waals surface area contributed by atoms with Crippen molar-refractivity contribution in [3.8, 4) is 6.07 Å². The van der Waals surface area contributed by atoms with Crippen LogP contribution in [0.5, 0.6) is 0 Å². The van der Waals surface area contributed by atoms with Crippen molar-refractivity contribution in [2.75, 3.05) is 26.2 Å². The van der Waals surface area contributed by atoms with E-state index in [9.17, 15) is 18.5 Å². The van der Waals surface area contributed by atoms with Gasteiger partial charge in [-0.05, 0) is 55.7 Å². The van der Waals surface area contributed by atoms with Crippen molar-refractivity contribution in [1.82, 2.24) is 9.21 Å². The second-order valence-corrected chi connectivity index (χ2v) is 11.0. The van der Waals surface area contributed by atoms with E-state index in [1.165, 1.54) is 10.4 Å². The predicted molar refractivity (Wildman–Crippen MR) is 142 cm³/mol. The Bertz CT molecular complexity index is 1460. The Labute approximate surface area is 213 Å². The number of hydrogen-bond donors (Lipinski definition) is 0. The smallest absolute Gasteiger partial charge is 0.254 e. The Morgan fingerprint density at radius 2 is 1.56 bits per heavy atom. The minimum atomic E-state index is -3.87. The Hall–Kier alpha value is -3.73. The average Bonchev–Trinajstić information content (AvgIpc) is 2.87. The number of hydrogen-bond acceptors (Lipinski definition) is 4. The maximum Gasteiger partial charge on any atom is 0.254 e. The minimum Gasteiger partial charge on any atom is -0.336 e. The molecule has 0 atom stereocenters. The number of benzene rings is 3. The van der Waals surface area contributed by atoms with Crippen molar-refractivity contribution in [2.45, 2.75) is 25.7 Å². The Kier molecular flexibility index (Phi) is 7.39. The quantitative estimate of drug-likeness (QED) is 0.472. The number of amides is 1. The molecule has 1 fully saturated rings. The zero-order valence-corrected chi connectivity index (χ0v) is 21.5. The van der Waals surface area contributed by atoms with E-state index in [-0.39, 0.29) is 29.5 Å². The van der Waals surface area contributed by atoms with E-state index in [2.05, 4.69) is 6.07 Å². The van der Waals surface area contributed by atoms with Gasteiger partial charge in [0, 0.05) is 31.7 Å². The molecule has 1 saturated heterocycles. The van der Waals surface area contributed by atoms with Crippen LogP contribution in [-0.4, -0.2) is 49.7 Å². The number of piperazine rings is 1. The summed E-state index contributed by atoms with van der Waals surface area (Å²) in [6, 6.07) is 20.3. The lowest BCUT2D eigenvalue weighted by atomic mass is 10.1. The van der Waals surface area contributed by atoms with Gasteiger partial charge in [0.05, 0.1) is 16.5 Å². The van der Waals surface area contributed by atoms with Crippen LogP contribution < -0.4 is 0 Å². The fourth-order valence-corrected chi connectivity index (χ4v) is 6.14. The molecule has 0 unspecified atom stereocenters. The number of carbonyl (C=O) groups excluding carboxylic acids is 1. The molecule has 0 radical (unpaired) electrons. The van der Waals surface area contributed by atoms with E-state index in [1.54, 1.807) is 29.2 Å². The third kappa shape index (κ3) is 5.40. The SMILES string of the molecule is Cc1cc(C)cc(/C=C/c2ccc(C#N)cc2S(=O)(=O)N2CCN(C(=O)c3ccccc3C)CC2)c1. The van der Waals surface area contributed by atoms with E-state index in [1.807, 2.05) is 63.2 Å². The molecule has 184 valence electrons. The van der Waals surface area contributed by atoms with Gasteiger partial charge in [-0.1, -0.05) is 65.7 Å². The first kappa shape index (κ1) is 25.4. The topological polar surface area (TPSA) is 81.5 Å². The van der Waals surface area contributed by atoms with E-state index in [0.717, 1.165) is 22.3 Å². The van der Waals surface area contributed by atoms with Crippen LogP contribution in [0.25, 0.3) is 12.2 Å². The van der Waals surface area contributed by atoms with E-state index >= 15 is 0 Å². The molecule has 0 bridgehead atoms. The monoisotopic (exact) mass is 499 g/mol. The summed E-state index contributed by atoms with van der Waals surface area (Å²) < 4.78 is 28.8. The molecule has 0 aliphatic carbocycles. The third-order valence-electron chi connectivity index (χ3n) is 6.36. The fourth-order valence-electron chi connectivity index (χ4n) is 4.51. The zero-order chi connectivity index (χ0) is 25.9. The molecule has 1 aliphatic heterocycles. The van der Waals surface area contributed by atoms with Gasteiger partial charge < -0.3 is 4.90 Å². The lowest BCUT2D eigenvalue weighted by Gasteiger charge is -2.34. The summed E-state index contributed by atoms with van der Waals surface area (Å²) in [5.41, 5.74) is 5.56. The van der Waals surface area contributed by atoms with Crippen molar-refractivity contribution < 1.29 is 13.2 Å². The van der Waals surface area contributed by atoms with E-state index < -0.39 is 10.0 Å². The van der Waals surface area contributed by atoms with Crippen LogP contribution in [0, 0.1) is 32.1 Å². The summed E-state index contributed by atoms with van der Waals surface area (Å²) >= 11 is 0. The number of nitriles is 1. The lowest BCUT2D eigenvalue weighted by molar-refractivity contribution is 0.0697. The number of sulfonamides is 1. The lowest BCUT2D eigenvalue weighted by Crippen LogP contribution is -2.50. The molecule has 0 saturated carbocycles. The van der Waals surface area contributed by atoms with Crippen LogP contribution in [0.15, 0.2) is 65.6 Å². The molecule has 1 amide bonds. The van der Waals surface area contributed by atoms with E-state index in [0.29, 0.717) is 24.2 Å². The fraction of sp³-hybridized carbons (Fsp3) is 0.241. The molecule has 36 heavy (non-hydrogen) atoms. The van der Waals surface area contributed by atoms with Gasteiger partial charge in [-0.15, -0.1) is 0 Å². The number of aryl methyl sites for hydroxylation is 3. The van der Waals surface area contributed by atoms with Gasteiger partial charge in [0.2, 0.25) is 10.0 Å². The highest BCUT2D eigenvalue weighted by atomic mass is 32.2. The van der Waals surface area contributed by atoms with Crippen LogP contribution in [-0.2, 0) is 10.0 Å². The van der Waals surface area contributed by atoms with Crippen LogP contribution in [0.4, 0.5) is 0 Å². The largest absolute Gasteiger partial charge is 0.336 e. The van der Waals surface area contributed by atoms with Gasteiger partial charge in [0.15, 0.2) is 0 Å². The van der Waals surface area contributed by atoms with Crippen molar-refractivity contribution in [3.05, 3.63) is 99.6 Å². The van der Waals surface area contributed by atoms with Gasteiger partial charge in [0.1, 0.15) is 0 Å². The van der Waals surface area contributed by atoms with Gasteiger partial charge in [-0.25, -0.2) is 8.42 Å². The Morgan fingerprint density at radius 3 is 2.19 bits per heavy atom. The Balaban J connectivity index is 1.58. The summed E-state index contributed by atoms with van der Waals surface area (Å²) in [4.78, 5) is 14.8. The summed E-state index contributed by atoms with van der Waals surface area (Å²) in [5.74, 6) is -0.0892. The molecule has 1 aliphatic rings. The minimum absolute atomic E-state index is 0.0892. The molecule has 7 heteroatoms.